The van der Waals surface area contributed by atoms with Crippen LogP contribution >= 0.6 is 0 Å². The minimum atomic E-state index is -0.170. The average Bonchev–Trinajstić information content (AvgIpc) is 3.36. The highest BCUT2D eigenvalue weighted by molar-refractivity contribution is 6.37. The molecule has 2 aliphatic heterocycles. The Kier molecular flexibility index (Phi) is 10.1. The molecule has 3 aromatic carbocycles. The van der Waals surface area contributed by atoms with Crippen LogP contribution in [-0.4, -0.2) is 47.8 Å². The van der Waals surface area contributed by atoms with Gasteiger partial charge in [0.1, 0.15) is 0 Å². The van der Waals surface area contributed by atoms with E-state index in [1.165, 1.54) is 37.9 Å². The van der Waals surface area contributed by atoms with E-state index in [0.717, 1.165) is 67.8 Å². The van der Waals surface area contributed by atoms with Gasteiger partial charge in [0.2, 0.25) is 0 Å². The molecule has 42 heavy (non-hydrogen) atoms. The zero-order valence-electron chi connectivity index (χ0n) is 25.1. The first kappa shape index (κ1) is 29.6. The molecule has 2 amide bonds. The lowest BCUT2D eigenvalue weighted by molar-refractivity contribution is -0.110. The average molecular weight is 565 g/mol. The molecule has 2 heterocycles. The largest absolute Gasteiger partial charge is 0.354 e. The van der Waals surface area contributed by atoms with Crippen LogP contribution in [0.2, 0.25) is 0 Å². The normalized spacial score (nSPS) is 16.1. The Balaban J connectivity index is 1.43. The fourth-order valence-electron chi connectivity index (χ4n) is 5.85. The smallest absolute Gasteiger partial charge is 0.258 e. The number of nitrogens with zero attached hydrogens (tertiary/aromatic N) is 2. The van der Waals surface area contributed by atoms with Gasteiger partial charge in [0, 0.05) is 42.1 Å². The lowest BCUT2D eigenvalue weighted by atomic mass is 9.98. The van der Waals surface area contributed by atoms with Crippen LogP contribution in [0.3, 0.4) is 0 Å². The number of hydrogen-bond donors (Lipinski definition) is 2. The standard InChI is InChI=1S/C36H44N4O2/c1-3-5-23-40(24-6-4-2)36(42)29-17-20-31-32(25-29)38-35(41)33(31)34(28-13-9-7-10-14-28)37-30-18-15-27(16-19-30)26-39-21-11-8-12-22-39/h7,9-10,13-20,25,37H,3-6,8,11-12,21-24,26H2,1-2H3,(H,38,41). The molecule has 0 atom stereocenters. The summed E-state index contributed by atoms with van der Waals surface area (Å²) in [6.45, 7) is 9.10. The molecule has 1 saturated heterocycles. The number of benzene rings is 3. The summed E-state index contributed by atoms with van der Waals surface area (Å²) in [6, 6.07) is 24.1. The fraction of sp³-hybridized carbons (Fsp3) is 0.389. The first-order valence-corrected chi connectivity index (χ1v) is 15.7. The third kappa shape index (κ3) is 7.11. The minimum absolute atomic E-state index is 0.0254. The predicted octanol–water partition coefficient (Wildman–Crippen LogP) is 7.65. The number of amides is 2. The number of fused-ring (bicyclic) bond motifs is 1. The van der Waals surface area contributed by atoms with Gasteiger partial charge in [-0.15, -0.1) is 0 Å². The molecular formula is C36H44N4O2. The van der Waals surface area contributed by atoms with Crippen LogP contribution in [0.1, 0.15) is 85.8 Å². The van der Waals surface area contributed by atoms with Gasteiger partial charge in [-0.2, -0.15) is 0 Å². The van der Waals surface area contributed by atoms with Gasteiger partial charge in [-0.25, -0.2) is 0 Å². The number of rotatable bonds is 12. The van der Waals surface area contributed by atoms with Crippen molar-refractivity contribution in [1.82, 2.24) is 9.80 Å². The first-order chi connectivity index (χ1) is 20.6. The van der Waals surface area contributed by atoms with Gasteiger partial charge in [-0.05, 0) is 74.2 Å². The summed E-state index contributed by atoms with van der Waals surface area (Å²) in [7, 11) is 0. The van der Waals surface area contributed by atoms with Crippen LogP contribution in [-0.2, 0) is 11.3 Å². The minimum Gasteiger partial charge on any atom is -0.354 e. The Labute approximate surface area is 250 Å². The van der Waals surface area contributed by atoms with Crippen LogP contribution in [0.25, 0.3) is 11.3 Å². The maximum Gasteiger partial charge on any atom is 0.258 e. The lowest BCUT2D eigenvalue weighted by Crippen LogP contribution is -2.33. The van der Waals surface area contributed by atoms with E-state index >= 15 is 0 Å². The van der Waals surface area contributed by atoms with E-state index in [-0.39, 0.29) is 11.8 Å². The Morgan fingerprint density at radius 1 is 0.857 bits per heavy atom. The van der Waals surface area contributed by atoms with Crippen LogP contribution in [0.4, 0.5) is 11.4 Å². The second-order valence-electron chi connectivity index (χ2n) is 11.5. The SMILES string of the molecule is CCCCN(CCCC)C(=O)c1ccc2c(c1)NC(=O)C2=C(Nc1ccc(CN2CCCCC2)cc1)c1ccccc1. The number of likely N-dealkylation sites (tertiary alicyclic amines) is 1. The Morgan fingerprint density at radius 3 is 2.21 bits per heavy atom. The Hall–Kier alpha value is -3.90. The van der Waals surface area contributed by atoms with Gasteiger partial charge in [0.25, 0.3) is 11.8 Å². The first-order valence-electron chi connectivity index (χ1n) is 15.7. The van der Waals surface area contributed by atoms with Crippen molar-refractivity contribution in [2.45, 2.75) is 65.3 Å². The quantitative estimate of drug-likeness (QED) is 0.222. The predicted molar refractivity (Wildman–Crippen MR) is 173 cm³/mol. The monoisotopic (exact) mass is 564 g/mol. The van der Waals surface area contributed by atoms with E-state index in [1.807, 2.05) is 53.4 Å². The maximum atomic E-state index is 13.5. The number of carbonyl (C=O) groups excluding carboxylic acids is 2. The zero-order chi connectivity index (χ0) is 29.3. The molecule has 2 aliphatic rings. The summed E-state index contributed by atoms with van der Waals surface area (Å²) in [4.78, 5) is 31.4. The third-order valence-electron chi connectivity index (χ3n) is 8.25. The highest BCUT2D eigenvalue weighted by Crippen LogP contribution is 2.38. The van der Waals surface area contributed by atoms with Crippen molar-refractivity contribution in [3.8, 4) is 0 Å². The molecule has 220 valence electrons. The topological polar surface area (TPSA) is 64.7 Å². The number of anilines is 2. The molecule has 5 rings (SSSR count). The van der Waals surface area contributed by atoms with Crippen molar-refractivity contribution in [2.75, 3.05) is 36.8 Å². The number of carbonyl (C=O) groups is 2. The van der Waals surface area contributed by atoms with E-state index in [1.54, 1.807) is 0 Å². The summed E-state index contributed by atoms with van der Waals surface area (Å²) in [6.07, 6.45) is 7.94. The number of nitrogens with one attached hydrogen (secondary N) is 2. The number of piperidine rings is 1. The van der Waals surface area contributed by atoms with Crippen LogP contribution in [0.15, 0.2) is 72.8 Å². The molecule has 0 radical (unpaired) electrons. The fourth-order valence-corrected chi connectivity index (χ4v) is 5.85. The highest BCUT2D eigenvalue weighted by Gasteiger charge is 2.30. The second-order valence-corrected chi connectivity index (χ2v) is 11.5. The van der Waals surface area contributed by atoms with Gasteiger partial charge >= 0.3 is 0 Å². The molecule has 0 aromatic heterocycles. The van der Waals surface area contributed by atoms with Gasteiger partial charge in [-0.3, -0.25) is 14.5 Å². The number of unbranched alkanes of at least 4 members (excludes halogenated alkanes) is 2. The second kappa shape index (κ2) is 14.3. The molecule has 2 N–H and O–H groups in total. The van der Waals surface area contributed by atoms with Gasteiger partial charge in [-0.1, -0.05) is 81.6 Å². The molecular weight excluding hydrogens is 520 g/mol. The highest BCUT2D eigenvalue weighted by atomic mass is 16.2. The third-order valence-corrected chi connectivity index (χ3v) is 8.25. The summed E-state index contributed by atoms with van der Waals surface area (Å²) in [5.74, 6) is -0.145. The van der Waals surface area contributed by atoms with Crippen molar-refractivity contribution >= 4 is 34.5 Å². The molecule has 0 bridgehead atoms. The molecule has 0 spiro atoms. The molecule has 0 unspecified atom stereocenters. The van der Waals surface area contributed by atoms with Crippen LogP contribution in [0, 0.1) is 0 Å². The summed E-state index contributed by atoms with van der Waals surface area (Å²) in [5.41, 5.74) is 6.59. The molecule has 0 saturated carbocycles. The molecule has 3 aromatic rings. The van der Waals surface area contributed by atoms with E-state index < -0.39 is 0 Å². The van der Waals surface area contributed by atoms with Gasteiger partial charge in [0.05, 0.1) is 11.3 Å². The number of hydrogen-bond acceptors (Lipinski definition) is 4. The van der Waals surface area contributed by atoms with Crippen LogP contribution < -0.4 is 10.6 Å². The Bertz CT molecular complexity index is 1380. The van der Waals surface area contributed by atoms with E-state index in [2.05, 4.69) is 53.6 Å². The molecule has 6 heteroatoms. The maximum absolute atomic E-state index is 13.5. The molecule has 0 aliphatic carbocycles. The Morgan fingerprint density at radius 2 is 1.55 bits per heavy atom. The zero-order valence-corrected chi connectivity index (χ0v) is 25.1. The summed E-state index contributed by atoms with van der Waals surface area (Å²) < 4.78 is 0. The van der Waals surface area contributed by atoms with E-state index in [4.69, 9.17) is 0 Å². The van der Waals surface area contributed by atoms with Crippen molar-refractivity contribution in [2.24, 2.45) is 0 Å². The van der Waals surface area contributed by atoms with Crippen molar-refractivity contribution < 1.29 is 9.59 Å². The van der Waals surface area contributed by atoms with Gasteiger partial charge < -0.3 is 15.5 Å². The van der Waals surface area contributed by atoms with Gasteiger partial charge in [0.15, 0.2) is 0 Å². The van der Waals surface area contributed by atoms with Crippen molar-refractivity contribution in [3.63, 3.8) is 0 Å². The molecule has 1 fully saturated rings. The summed E-state index contributed by atoms with van der Waals surface area (Å²) >= 11 is 0. The lowest BCUT2D eigenvalue weighted by Gasteiger charge is -2.26. The van der Waals surface area contributed by atoms with E-state index in [9.17, 15) is 9.59 Å². The van der Waals surface area contributed by atoms with Crippen molar-refractivity contribution in [3.05, 3.63) is 95.1 Å². The summed E-state index contributed by atoms with van der Waals surface area (Å²) in [5, 5.41) is 6.62. The van der Waals surface area contributed by atoms with Crippen molar-refractivity contribution in [1.29, 1.82) is 0 Å². The van der Waals surface area contributed by atoms with Crippen LogP contribution in [0.5, 0.6) is 0 Å². The molecule has 6 nitrogen and oxygen atoms in total. The van der Waals surface area contributed by atoms with E-state index in [0.29, 0.717) is 16.8 Å².